The quantitative estimate of drug-likeness (QED) is 0.679. The van der Waals surface area contributed by atoms with Crippen molar-refractivity contribution >= 4 is 23.5 Å². The topological polar surface area (TPSA) is 100 Å². The van der Waals surface area contributed by atoms with Gasteiger partial charge in [0.05, 0.1) is 20.8 Å². The highest BCUT2D eigenvalue weighted by molar-refractivity contribution is 5.94. The minimum atomic E-state index is -0.459. The highest BCUT2D eigenvalue weighted by Gasteiger charge is 2.28. The molecule has 1 fully saturated rings. The number of hydrogen-bond donors (Lipinski definition) is 2. The molecule has 2 aromatic rings. The third-order valence-corrected chi connectivity index (χ3v) is 5.00. The Labute approximate surface area is 185 Å². The zero-order valence-corrected chi connectivity index (χ0v) is 17.9. The average molecular weight is 444 g/mol. The fourth-order valence-corrected chi connectivity index (χ4v) is 3.23. The molecule has 9 nitrogen and oxygen atoms in total. The summed E-state index contributed by atoms with van der Waals surface area (Å²) in [5.41, 5.74) is 1.17. The number of carbonyl (C=O) groups excluding carboxylic acids is 3. The summed E-state index contributed by atoms with van der Waals surface area (Å²) in [6.07, 6.45) is 0. The van der Waals surface area contributed by atoms with Gasteiger partial charge in [-0.3, -0.25) is 9.59 Å². The highest BCUT2D eigenvalue weighted by atomic mass is 19.1. The van der Waals surface area contributed by atoms with Crippen molar-refractivity contribution in [1.82, 2.24) is 15.1 Å². The Kier molecular flexibility index (Phi) is 7.48. The van der Waals surface area contributed by atoms with E-state index in [1.807, 2.05) is 0 Å². The van der Waals surface area contributed by atoms with Gasteiger partial charge in [-0.1, -0.05) is 0 Å². The van der Waals surface area contributed by atoms with Crippen molar-refractivity contribution in [3.05, 3.63) is 53.8 Å². The van der Waals surface area contributed by atoms with E-state index in [2.05, 4.69) is 10.6 Å². The van der Waals surface area contributed by atoms with Gasteiger partial charge in [-0.2, -0.15) is 0 Å². The van der Waals surface area contributed by atoms with Crippen LogP contribution < -0.4 is 20.1 Å². The molecule has 0 aliphatic carbocycles. The van der Waals surface area contributed by atoms with Crippen LogP contribution in [-0.4, -0.2) is 68.0 Å². The van der Waals surface area contributed by atoms with Crippen LogP contribution in [0.25, 0.3) is 0 Å². The first kappa shape index (κ1) is 22.9. The fourth-order valence-electron chi connectivity index (χ4n) is 3.23. The molecule has 2 N–H and O–H groups in total. The highest BCUT2D eigenvalue weighted by Crippen LogP contribution is 2.23. The maximum Gasteiger partial charge on any atom is 0.322 e. The number of amides is 4. The number of ether oxygens (including phenoxy) is 2. The molecule has 1 aliphatic heterocycles. The summed E-state index contributed by atoms with van der Waals surface area (Å²) < 4.78 is 23.5. The van der Waals surface area contributed by atoms with E-state index in [4.69, 9.17) is 9.47 Å². The van der Waals surface area contributed by atoms with E-state index >= 15 is 0 Å². The van der Waals surface area contributed by atoms with Gasteiger partial charge in [-0.05, 0) is 42.5 Å². The summed E-state index contributed by atoms with van der Waals surface area (Å²) in [7, 11) is 3.09. The Morgan fingerprint density at radius 3 is 2.47 bits per heavy atom. The van der Waals surface area contributed by atoms with Crippen molar-refractivity contribution in [3.8, 4) is 11.5 Å². The van der Waals surface area contributed by atoms with E-state index in [9.17, 15) is 18.8 Å². The normalized spacial score (nSPS) is 13.5. The minimum absolute atomic E-state index is 0.113. The molecule has 0 aromatic heterocycles. The average Bonchev–Trinajstić information content (AvgIpc) is 2.80. The Hall–Kier alpha value is -3.82. The second kappa shape index (κ2) is 10.5. The number of methoxy groups -OCH3 is 2. The van der Waals surface area contributed by atoms with Gasteiger partial charge in [0, 0.05) is 30.9 Å². The monoisotopic (exact) mass is 444 g/mol. The smallest absolute Gasteiger partial charge is 0.322 e. The van der Waals surface area contributed by atoms with Crippen molar-refractivity contribution in [1.29, 1.82) is 0 Å². The second-order valence-electron chi connectivity index (χ2n) is 7.13. The summed E-state index contributed by atoms with van der Waals surface area (Å²) in [5.74, 6) is 0.185. The van der Waals surface area contributed by atoms with E-state index < -0.39 is 11.8 Å². The van der Waals surface area contributed by atoms with Gasteiger partial charge in [0.2, 0.25) is 11.8 Å². The minimum Gasteiger partial charge on any atom is -0.497 e. The summed E-state index contributed by atoms with van der Waals surface area (Å²) in [5, 5.41) is 5.39. The van der Waals surface area contributed by atoms with E-state index in [0.29, 0.717) is 17.2 Å². The van der Waals surface area contributed by atoms with Crippen LogP contribution in [0, 0.1) is 5.82 Å². The molecule has 0 unspecified atom stereocenters. The van der Waals surface area contributed by atoms with Crippen molar-refractivity contribution in [3.63, 3.8) is 0 Å². The predicted molar refractivity (Wildman–Crippen MR) is 115 cm³/mol. The van der Waals surface area contributed by atoms with Gasteiger partial charge in [0.25, 0.3) is 0 Å². The number of halogens is 1. The molecule has 0 radical (unpaired) electrons. The van der Waals surface area contributed by atoms with Gasteiger partial charge in [0.15, 0.2) is 0 Å². The number of nitrogens with zero attached hydrogens (tertiary/aromatic N) is 2. The lowest BCUT2D eigenvalue weighted by Crippen LogP contribution is -2.55. The van der Waals surface area contributed by atoms with Gasteiger partial charge >= 0.3 is 6.03 Å². The van der Waals surface area contributed by atoms with Crippen LogP contribution in [0.5, 0.6) is 11.5 Å². The molecule has 0 atom stereocenters. The first-order valence-electron chi connectivity index (χ1n) is 9.96. The van der Waals surface area contributed by atoms with Crippen molar-refractivity contribution in [2.45, 2.75) is 6.54 Å². The first-order valence-corrected chi connectivity index (χ1v) is 9.96. The molecule has 1 aliphatic rings. The number of hydrogen-bond acceptors (Lipinski definition) is 5. The number of urea groups is 1. The predicted octanol–water partition coefficient (Wildman–Crippen LogP) is 1.84. The molecule has 32 heavy (non-hydrogen) atoms. The SMILES string of the molecule is COc1ccc(OC)c(CNC(=O)CN2CCN(C(=O)Nc3ccc(F)cc3)CC2=O)c1. The van der Waals surface area contributed by atoms with Gasteiger partial charge in [-0.25, -0.2) is 9.18 Å². The molecular weight excluding hydrogens is 419 g/mol. The number of anilines is 1. The third kappa shape index (κ3) is 5.87. The number of piperazine rings is 1. The largest absolute Gasteiger partial charge is 0.497 e. The van der Waals surface area contributed by atoms with Crippen LogP contribution in [0.2, 0.25) is 0 Å². The summed E-state index contributed by atoms with van der Waals surface area (Å²) >= 11 is 0. The van der Waals surface area contributed by atoms with E-state index in [-0.39, 0.29) is 44.5 Å². The number of benzene rings is 2. The molecule has 170 valence electrons. The van der Waals surface area contributed by atoms with Crippen LogP contribution in [0.4, 0.5) is 14.9 Å². The zero-order valence-electron chi connectivity index (χ0n) is 17.9. The van der Waals surface area contributed by atoms with Crippen molar-refractivity contribution < 1.29 is 28.2 Å². The van der Waals surface area contributed by atoms with Crippen LogP contribution in [0.15, 0.2) is 42.5 Å². The van der Waals surface area contributed by atoms with E-state index in [1.165, 1.54) is 41.2 Å². The Bertz CT molecular complexity index is 983. The summed E-state index contributed by atoms with van der Waals surface area (Å²) in [6, 6.07) is 10.2. The van der Waals surface area contributed by atoms with Crippen molar-refractivity contribution in [2.75, 3.05) is 45.7 Å². The van der Waals surface area contributed by atoms with Crippen LogP contribution in [-0.2, 0) is 16.1 Å². The lowest BCUT2D eigenvalue weighted by molar-refractivity contribution is -0.139. The van der Waals surface area contributed by atoms with E-state index in [0.717, 1.165) is 5.56 Å². The molecule has 1 heterocycles. The Balaban J connectivity index is 1.48. The Morgan fingerprint density at radius 2 is 1.81 bits per heavy atom. The fraction of sp³-hybridized carbons (Fsp3) is 0.318. The number of rotatable bonds is 7. The second-order valence-corrected chi connectivity index (χ2v) is 7.13. The third-order valence-electron chi connectivity index (χ3n) is 5.00. The molecule has 3 rings (SSSR count). The molecule has 0 bridgehead atoms. The van der Waals surface area contributed by atoms with Gasteiger partial charge < -0.3 is 29.9 Å². The zero-order chi connectivity index (χ0) is 23.1. The molecule has 4 amide bonds. The van der Waals surface area contributed by atoms with Crippen LogP contribution >= 0.6 is 0 Å². The van der Waals surface area contributed by atoms with Crippen molar-refractivity contribution in [2.24, 2.45) is 0 Å². The van der Waals surface area contributed by atoms with Crippen LogP contribution in [0.1, 0.15) is 5.56 Å². The number of carbonyl (C=O) groups is 3. The molecular formula is C22H25FN4O5. The number of nitrogens with one attached hydrogen (secondary N) is 2. The Morgan fingerprint density at radius 1 is 1.06 bits per heavy atom. The van der Waals surface area contributed by atoms with Crippen LogP contribution in [0.3, 0.4) is 0 Å². The molecule has 0 saturated carbocycles. The molecule has 10 heteroatoms. The van der Waals surface area contributed by atoms with Gasteiger partial charge in [0.1, 0.15) is 23.9 Å². The molecule has 2 aromatic carbocycles. The summed E-state index contributed by atoms with van der Waals surface area (Å²) in [6.45, 7) is 0.456. The van der Waals surface area contributed by atoms with Gasteiger partial charge in [-0.15, -0.1) is 0 Å². The summed E-state index contributed by atoms with van der Waals surface area (Å²) in [4.78, 5) is 39.9. The maximum atomic E-state index is 13.0. The lowest BCUT2D eigenvalue weighted by atomic mass is 10.2. The standard InChI is InChI=1S/C22H25FN4O5/c1-31-18-7-8-19(32-2)15(11-18)12-24-20(28)13-26-9-10-27(14-21(26)29)22(30)25-17-5-3-16(23)4-6-17/h3-8,11H,9-10,12-14H2,1-2H3,(H,24,28)(H,25,30). The van der Waals surface area contributed by atoms with E-state index in [1.54, 1.807) is 25.3 Å². The first-order chi connectivity index (χ1) is 15.4. The molecule has 1 saturated heterocycles. The maximum absolute atomic E-state index is 13.0. The molecule has 0 spiro atoms. The lowest BCUT2D eigenvalue weighted by Gasteiger charge is -2.33.